The Hall–Kier alpha value is -1.66. The van der Waals surface area contributed by atoms with E-state index in [1.54, 1.807) is 16.2 Å². The molecule has 0 aliphatic carbocycles. The molecule has 3 aromatic rings. The lowest BCUT2D eigenvalue weighted by molar-refractivity contribution is -0.130. The molecule has 0 unspecified atom stereocenters. The van der Waals surface area contributed by atoms with Gasteiger partial charge in [0.05, 0.1) is 17.9 Å². The fourth-order valence-corrected chi connectivity index (χ4v) is 4.08. The molecule has 0 N–H and O–H groups in total. The van der Waals surface area contributed by atoms with Gasteiger partial charge in [-0.1, -0.05) is 28.1 Å². The number of aromatic nitrogens is 2. The second-order valence-electron chi connectivity index (χ2n) is 6.02. The normalized spacial score (nSPS) is 11.2. The number of thiazole rings is 1. The van der Waals surface area contributed by atoms with Gasteiger partial charge in [-0.2, -0.15) is 0 Å². The fraction of sp³-hybridized carbons (Fsp3) is 0.333. The van der Waals surface area contributed by atoms with Gasteiger partial charge < -0.3 is 4.90 Å². The van der Waals surface area contributed by atoms with Crippen LogP contribution < -0.4 is 0 Å². The van der Waals surface area contributed by atoms with Crippen LogP contribution in [0.2, 0.25) is 0 Å². The Morgan fingerprint density at radius 3 is 2.92 bits per heavy atom. The van der Waals surface area contributed by atoms with Crippen molar-refractivity contribution >= 4 is 38.1 Å². The van der Waals surface area contributed by atoms with Gasteiger partial charge in [0.2, 0.25) is 5.91 Å². The van der Waals surface area contributed by atoms with Gasteiger partial charge in [-0.3, -0.25) is 9.20 Å². The number of fused-ring (bicyclic) bond motifs is 1. The van der Waals surface area contributed by atoms with Crippen molar-refractivity contribution in [1.29, 1.82) is 0 Å². The van der Waals surface area contributed by atoms with Crippen molar-refractivity contribution in [3.63, 3.8) is 0 Å². The summed E-state index contributed by atoms with van der Waals surface area (Å²) in [5.41, 5.74) is 3.25. The van der Waals surface area contributed by atoms with Gasteiger partial charge in [-0.15, -0.1) is 11.3 Å². The molecule has 6 heteroatoms. The molecule has 0 aliphatic heterocycles. The van der Waals surface area contributed by atoms with Gasteiger partial charge in [-0.05, 0) is 38.0 Å². The second kappa shape index (κ2) is 7.07. The van der Waals surface area contributed by atoms with Crippen LogP contribution in [-0.4, -0.2) is 27.2 Å². The molecule has 2 aromatic heterocycles. The SMILES string of the molecule is Cc1cn2c(CN(C)C(=O)CCc3cccc(Br)c3)c(C)nc2s1. The summed E-state index contributed by atoms with van der Waals surface area (Å²) < 4.78 is 3.15. The van der Waals surface area contributed by atoms with Crippen LogP contribution in [0.4, 0.5) is 0 Å². The largest absolute Gasteiger partial charge is 0.340 e. The predicted octanol–water partition coefficient (Wildman–Crippen LogP) is 4.37. The lowest BCUT2D eigenvalue weighted by Crippen LogP contribution is -2.27. The van der Waals surface area contributed by atoms with Gasteiger partial charge in [0.15, 0.2) is 4.96 Å². The number of nitrogens with zero attached hydrogens (tertiary/aromatic N) is 3. The average Bonchev–Trinajstić information content (AvgIpc) is 3.02. The van der Waals surface area contributed by atoms with Crippen molar-refractivity contribution in [2.24, 2.45) is 0 Å². The van der Waals surface area contributed by atoms with Crippen molar-refractivity contribution in [1.82, 2.24) is 14.3 Å². The highest BCUT2D eigenvalue weighted by molar-refractivity contribution is 9.10. The van der Waals surface area contributed by atoms with E-state index in [1.165, 1.54) is 10.4 Å². The highest BCUT2D eigenvalue weighted by Gasteiger charge is 2.16. The van der Waals surface area contributed by atoms with Crippen LogP contribution in [0.1, 0.15) is 28.2 Å². The molecule has 3 rings (SSSR count). The van der Waals surface area contributed by atoms with E-state index in [2.05, 4.69) is 50.6 Å². The zero-order valence-corrected chi connectivity index (χ0v) is 16.4. The monoisotopic (exact) mass is 405 g/mol. The van der Waals surface area contributed by atoms with E-state index in [9.17, 15) is 4.79 Å². The first-order valence-corrected chi connectivity index (χ1v) is 9.47. The third kappa shape index (κ3) is 3.70. The number of imidazole rings is 1. The van der Waals surface area contributed by atoms with E-state index in [4.69, 9.17) is 0 Å². The van der Waals surface area contributed by atoms with Crippen molar-refractivity contribution in [2.75, 3.05) is 7.05 Å². The molecule has 0 aliphatic rings. The Bertz CT molecular complexity index is 884. The van der Waals surface area contributed by atoms with Crippen LogP contribution in [0.15, 0.2) is 34.9 Å². The second-order valence-corrected chi connectivity index (χ2v) is 8.15. The molecule has 0 fully saturated rings. The summed E-state index contributed by atoms with van der Waals surface area (Å²) in [4.78, 5) is 21.1. The summed E-state index contributed by atoms with van der Waals surface area (Å²) in [7, 11) is 1.86. The fourth-order valence-electron chi connectivity index (χ4n) is 2.75. The van der Waals surface area contributed by atoms with Crippen molar-refractivity contribution in [2.45, 2.75) is 33.2 Å². The van der Waals surface area contributed by atoms with E-state index >= 15 is 0 Å². The quantitative estimate of drug-likeness (QED) is 0.631. The number of hydrogen-bond donors (Lipinski definition) is 0. The number of aryl methyl sites for hydroxylation is 3. The van der Waals surface area contributed by atoms with Gasteiger partial charge in [0.25, 0.3) is 0 Å². The van der Waals surface area contributed by atoms with Gasteiger partial charge >= 0.3 is 0 Å². The molecule has 126 valence electrons. The molecular formula is C18H20BrN3OS. The summed E-state index contributed by atoms with van der Waals surface area (Å²) in [6.07, 6.45) is 3.35. The number of carbonyl (C=O) groups is 1. The maximum atomic E-state index is 12.5. The van der Waals surface area contributed by atoms with E-state index < -0.39 is 0 Å². The molecule has 1 amide bonds. The number of carbonyl (C=O) groups excluding carboxylic acids is 1. The van der Waals surface area contributed by atoms with Crippen molar-refractivity contribution in [3.05, 3.63) is 56.8 Å². The number of amides is 1. The van der Waals surface area contributed by atoms with Gasteiger partial charge in [0.1, 0.15) is 0 Å². The minimum atomic E-state index is 0.149. The number of hydrogen-bond acceptors (Lipinski definition) is 3. The first-order chi connectivity index (χ1) is 11.4. The molecule has 0 saturated carbocycles. The Morgan fingerprint density at radius 2 is 2.17 bits per heavy atom. The molecule has 0 bridgehead atoms. The molecular weight excluding hydrogens is 386 g/mol. The Morgan fingerprint density at radius 1 is 1.38 bits per heavy atom. The molecule has 0 saturated heterocycles. The zero-order valence-electron chi connectivity index (χ0n) is 14.0. The van der Waals surface area contributed by atoms with Crippen molar-refractivity contribution < 1.29 is 4.79 Å². The van der Waals surface area contributed by atoms with Crippen LogP contribution in [0.5, 0.6) is 0 Å². The minimum Gasteiger partial charge on any atom is -0.340 e. The van der Waals surface area contributed by atoms with Crippen molar-refractivity contribution in [3.8, 4) is 0 Å². The van der Waals surface area contributed by atoms with Gasteiger partial charge in [-0.25, -0.2) is 4.98 Å². The minimum absolute atomic E-state index is 0.149. The summed E-state index contributed by atoms with van der Waals surface area (Å²) in [5, 5.41) is 0. The summed E-state index contributed by atoms with van der Waals surface area (Å²) >= 11 is 5.14. The Labute approximate surface area is 154 Å². The van der Waals surface area contributed by atoms with E-state index in [0.717, 1.165) is 27.2 Å². The maximum absolute atomic E-state index is 12.5. The smallest absolute Gasteiger partial charge is 0.222 e. The zero-order chi connectivity index (χ0) is 17.3. The average molecular weight is 406 g/mol. The lowest BCUT2D eigenvalue weighted by Gasteiger charge is -2.17. The van der Waals surface area contributed by atoms with Crippen LogP contribution in [0.25, 0.3) is 4.96 Å². The number of benzene rings is 1. The molecule has 0 spiro atoms. The highest BCUT2D eigenvalue weighted by atomic mass is 79.9. The summed E-state index contributed by atoms with van der Waals surface area (Å²) in [6.45, 7) is 4.66. The molecule has 1 aromatic carbocycles. The molecule has 0 radical (unpaired) electrons. The van der Waals surface area contributed by atoms with Crippen LogP contribution in [-0.2, 0) is 17.8 Å². The standard InChI is InChI=1S/C18H20BrN3OS/c1-12-10-22-16(13(2)20-18(22)24-12)11-21(3)17(23)8-7-14-5-4-6-15(19)9-14/h4-6,9-10H,7-8,11H2,1-3H3. The van der Waals surface area contributed by atoms with E-state index in [-0.39, 0.29) is 5.91 Å². The highest BCUT2D eigenvalue weighted by Crippen LogP contribution is 2.22. The van der Waals surface area contributed by atoms with E-state index in [0.29, 0.717) is 13.0 Å². The van der Waals surface area contributed by atoms with E-state index in [1.807, 2.05) is 26.1 Å². The lowest BCUT2D eigenvalue weighted by atomic mass is 10.1. The Balaban J connectivity index is 1.66. The first kappa shape index (κ1) is 17.2. The molecule has 24 heavy (non-hydrogen) atoms. The Kier molecular flexibility index (Phi) is 5.06. The number of rotatable bonds is 5. The van der Waals surface area contributed by atoms with Crippen LogP contribution >= 0.6 is 27.3 Å². The molecule has 4 nitrogen and oxygen atoms in total. The molecule has 0 atom stereocenters. The third-order valence-electron chi connectivity index (χ3n) is 4.07. The summed E-state index contributed by atoms with van der Waals surface area (Å²) in [5.74, 6) is 0.149. The molecule has 2 heterocycles. The van der Waals surface area contributed by atoms with Crippen LogP contribution in [0, 0.1) is 13.8 Å². The third-order valence-corrected chi connectivity index (χ3v) is 5.46. The first-order valence-electron chi connectivity index (χ1n) is 7.86. The van der Waals surface area contributed by atoms with Gasteiger partial charge in [0, 0.05) is 29.0 Å². The predicted molar refractivity (Wildman–Crippen MR) is 101 cm³/mol. The summed E-state index contributed by atoms with van der Waals surface area (Å²) in [6, 6.07) is 8.11. The van der Waals surface area contributed by atoms with Crippen LogP contribution in [0.3, 0.4) is 0 Å². The number of halogens is 1. The maximum Gasteiger partial charge on any atom is 0.222 e. The topological polar surface area (TPSA) is 37.6 Å².